The van der Waals surface area contributed by atoms with Crippen LogP contribution in [0, 0.1) is 5.82 Å². The van der Waals surface area contributed by atoms with Crippen molar-refractivity contribution in [2.75, 3.05) is 33.7 Å². The standard InChI is InChI=1S/C17H25BrFN5O.HI/c1-20-16(25)11-24-7-5-13(6-8-24)23-17(21-2)22-10-12-3-4-14(18)15(19)9-12;/h3-4,9,13H,5-8,10-11H2,1-2H3,(H,20,25)(H2,21,22,23);1H. The molecule has 1 heterocycles. The van der Waals surface area contributed by atoms with Gasteiger partial charge in [0.25, 0.3) is 0 Å². The first-order valence-corrected chi connectivity index (χ1v) is 9.15. The van der Waals surface area contributed by atoms with Gasteiger partial charge in [-0.2, -0.15) is 0 Å². The molecule has 1 fully saturated rings. The fraction of sp³-hybridized carbons (Fsp3) is 0.529. The molecule has 0 radical (unpaired) electrons. The molecule has 0 spiro atoms. The lowest BCUT2D eigenvalue weighted by atomic mass is 10.1. The summed E-state index contributed by atoms with van der Waals surface area (Å²) in [5.41, 5.74) is 0.851. The van der Waals surface area contributed by atoms with Crippen molar-refractivity contribution in [2.45, 2.75) is 25.4 Å². The summed E-state index contributed by atoms with van der Waals surface area (Å²) in [7, 11) is 3.38. The summed E-state index contributed by atoms with van der Waals surface area (Å²) in [6.07, 6.45) is 1.90. The van der Waals surface area contributed by atoms with Crippen molar-refractivity contribution >= 4 is 51.8 Å². The molecular weight excluding hydrogens is 516 g/mol. The second kappa shape index (κ2) is 11.7. The first-order chi connectivity index (χ1) is 12.0. The summed E-state index contributed by atoms with van der Waals surface area (Å²) in [6, 6.07) is 5.38. The number of nitrogens with one attached hydrogen (secondary N) is 3. The Labute approximate surface area is 179 Å². The number of likely N-dealkylation sites (N-methyl/N-ethyl adjacent to an activating group) is 1. The van der Waals surface area contributed by atoms with Gasteiger partial charge in [-0.15, -0.1) is 24.0 Å². The van der Waals surface area contributed by atoms with Gasteiger partial charge in [-0.3, -0.25) is 14.7 Å². The molecule has 0 aliphatic carbocycles. The molecule has 1 aromatic rings. The number of rotatable bonds is 5. The second-order valence-electron chi connectivity index (χ2n) is 6.04. The Balaban J connectivity index is 0.00000338. The number of guanidine groups is 1. The van der Waals surface area contributed by atoms with Crippen LogP contribution in [0.2, 0.25) is 0 Å². The molecule has 1 amide bonds. The molecule has 146 valence electrons. The number of nitrogens with zero attached hydrogens (tertiary/aromatic N) is 2. The maximum Gasteiger partial charge on any atom is 0.233 e. The van der Waals surface area contributed by atoms with Gasteiger partial charge in [0.2, 0.25) is 5.91 Å². The Morgan fingerprint density at radius 1 is 1.38 bits per heavy atom. The number of piperidine rings is 1. The predicted octanol–water partition coefficient (Wildman–Crippen LogP) is 2.08. The molecule has 1 aliphatic heterocycles. The van der Waals surface area contributed by atoms with Crippen LogP contribution in [0.25, 0.3) is 0 Å². The van der Waals surface area contributed by atoms with E-state index in [2.05, 4.69) is 41.8 Å². The molecule has 0 saturated carbocycles. The van der Waals surface area contributed by atoms with Crippen LogP contribution >= 0.6 is 39.9 Å². The lowest BCUT2D eigenvalue weighted by Gasteiger charge is -2.32. The van der Waals surface area contributed by atoms with Crippen molar-refractivity contribution in [1.82, 2.24) is 20.9 Å². The third-order valence-corrected chi connectivity index (χ3v) is 4.89. The van der Waals surface area contributed by atoms with E-state index in [1.54, 1.807) is 20.2 Å². The van der Waals surface area contributed by atoms with E-state index < -0.39 is 0 Å². The lowest BCUT2D eigenvalue weighted by molar-refractivity contribution is -0.122. The van der Waals surface area contributed by atoms with Gasteiger partial charge in [0.15, 0.2) is 5.96 Å². The lowest BCUT2D eigenvalue weighted by Crippen LogP contribution is -2.49. The number of hydrogen-bond donors (Lipinski definition) is 3. The highest BCUT2D eigenvalue weighted by Gasteiger charge is 2.21. The smallest absolute Gasteiger partial charge is 0.233 e. The molecule has 0 aromatic heterocycles. The topological polar surface area (TPSA) is 68.8 Å². The number of carbonyl (C=O) groups excluding carboxylic acids is 1. The number of halogens is 3. The summed E-state index contributed by atoms with van der Waals surface area (Å²) in [5.74, 6) is 0.476. The third-order valence-electron chi connectivity index (χ3n) is 4.24. The molecule has 0 bridgehead atoms. The highest BCUT2D eigenvalue weighted by molar-refractivity contribution is 14.0. The van der Waals surface area contributed by atoms with Crippen LogP contribution in [0.4, 0.5) is 4.39 Å². The van der Waals surface area contributed by atoms with E-state index in [4.69, 9.17) is 0 Å². The van der Waals surface area contributed by atoms with E-state index in [0.717, 1.165) is 31.5 Å². The van der Waals surface area contributed by atoms with Crippen molar-refractivity contribution in [2.24, 2.45) is 4.99 Å². The number of carbonyl (C=O) groups is 1. The number of aliphatic imine (C=N–C) groups is 1. The van der Waals surface area contributed by atoms with E-state index in [1.807, 2.05) is 6.07 Å². The Kier molecular flexibility index (Phi) is 10.4. The van der Waals surface area contributed by atoms with E-state index in [9.17, 15) is 9.18 Å². The van der Waals surface area contributed by atoms with Crippen LogP contribution in [-0.4, -0.2) is 56.5 Å². The molecule has 1 aromatic carbocycles. The molecule has 2 rings (SSSR count). The molecule has 6 nitrogen and oxygen atoms in total. The summed E-state index contributed by atoms with van der Waals surface area (Å²) in [4.78, 5) is 17.8. The Hall–Kier alpha value is -0.940. The molecule has 3 N–H and O–H groups in total. The van der Waals surface area contributed by atoms with Gasteiger partial charge < -0.3 is 16.0 Å². The fourth-order valence-electron chi connectivity index (χ4n) is 2.74. The van der Waals surface area contributed by atoms with Gasteiger partial charge in [0, 0.05) is 39.8 Å². The maximum absolute atomic E-state index is 13.6. The summed E-state index contributed by atoms with van der Waals surface area (Å²) in [6.45, 7) is 2.70. The highest BCUT2D eigenvalue weighted by atomic mass is 127. The van der Waals surface area contributed by atoms with Gasteiger partial charge in [0.1, 0.15) is 5.82 Å². The van der Waals surface area contributed by atoms with E-state index in [1.165, 1.54) is 6.07 Å². The Morgan fingerprint density at radius 2 is 2.08 bits per heavy atom. The van der Waals surface area contributed by atoms with Crippen LogP contribution in [0.1, 0.15) is 18.4 Å². The molecule has 9 heteroatoms. The van der Waals surface area contributed by atoms with Crippen LogP contribution < -0.4 is 16.0 Å². The van der Waals surface area contributed by atoms with Crippen molar-refractivity contribution < 1.29 is 9.18 Å². The largest absolute Gasteiger partial charge is 0.358 e. The zero-order valence-corrected chi connectivity index (χ0v) is 18.9. The summed E-state index contributed by atoms with van der Waals surface area (Å²) in [5, 5.41) is 9.26. The quantitative estimate of drug-likeness (QED) is 0.303. The summed E-state index contributed by atoms with van der Waals surface area (Å²) < 4.78 is 14.0. The Bertz CT molecular complexity index is 623. The minimum absolute atomic E-state index is 0. The average Bonchev–Trinajstić information content (AvgIpc) is 2.62. The maximum atomic E-state index is 13.6. The first kappa shape index (κ1) is 23.1. The van der Waals surface area contributed by atoms with Crippen LogP contribution in [0.15, 0.2) is 27.7 Å². The molecule has 26 heavy (non-hydrogen) atoms. The molecular formula is C17H26BrFIN5O. The highest BCUT2D eigenvalue weighted by Crippen LogP contribution is 2.16. The summed E-state index contributed by atoms with van der Waals surface area (Å²) >= 11 is 3.15. The molecule has 0 unspecified atom stereocenters. The van der Waals surface area contributed by atoms with Crippen LogP contribution in [-0.2, 0) is 11.3 Å². The zero-order chi connectivity index (χ0) is 18.2. The SMILES string of the molecule is CN=C(NCc1ccc(Br)c(F)c1)NC1CCN(CC(=O)NC)CC1.I. The van der Waals surface area contributed by atoms with Crippen LogP contribution in [0.3, 0.4) is 0 Å². The van der Waals surface area contributed by atoms with Crippen molar-refractivity contribution in [3.63, 3.8) is 0 Å². The number of benzene rings is 1. The number of likely N-dealkylation sites (tertiary alicyclic amines) is 1. The average molecular weight is 542 g/mol. The van der Waals surface area contributed by atoms with Crippen molar-refractivity contribution in [1.29, 1.82) is 0 Å². The molecule has 1 aliphatic rings. The fourth-order valence-corrected chi connectivity index (χ4v) is 2.99. The number of hydrogen-bond acceptors (Lipinski definition) is 3. The normalized spacial score (nSPS) is 15.9. The van der Waals surface area contributed by atoms with E-state index in [0.29, 0.717) is 29.6 Å². The van der Waals surface area contributed by atoms with Crippen molar-refractivity contribution in [3.8, 4) is 0 Å². The zero-order valence-electron chi connectivity index (χ0n) is 15.0. The minimum atomic E-state index is -0.272. The van der Waals surface area contributed by atoms with Crippen LogP contribution in [0.5, 0.6) is 0 Å². The second-order valence-corrected chi connectivity index (χ2v) is 6.90. The van der Waals surface area contributed by atoms with Gasteiger partial charge in [-0.25, -0.2) is 4.39 Å². The monoisotopic (exact) mass is 541 g/mol. The first-order valence-electron chi connectivity index (χ1n) is 8.36. The van der Waals surface area contributed by atoms with Gasteiger partial charge >= 0.3 is 0 Å². The van der Waals surface area contributed by atoms with E-state index in [-0.39, 0.29) is 35.7 Å². The van der Waals surface area contributed by atoms with Gasteiger partial charge in [0.05, 0.1) is 11.0 Å². The predicted molar refractivity (Wildman–Crippen MR) is 116 cm³/mol. The minimum Gasteiger partial charge on any atom is -0.358 e. The molecule has 0 atom stereocenters. The van der Waals surface area contributed by atoms with E-state index >= 15 is 0 Å². The van der Waals surface area contributed by atoms with Gasteiger partial charge in [-0.05, 0) is 46.5 Å². The Morgan fingerprint density at radius 3 is 2.65 bits per heavy atom. The number of amides is 1. The van der Waals surface area contributed by atoms with Gasteiger partial charge in [-0.1, -0.05) is 6.07 Å². The third kappa shape index (κ3) is 7.36. The van der Waals surface area contributed by atoms with Crippen molar-refractivity contribution in [3.05, 3.63) is 34.1 Å². The molecule has 1 saturated heterocycles.